The van der Waals surface area contributed by atoms with Gasteiger partial charge in [0.15, 0.2) is 0 Å². The third-order valence-electron chi connectivity index (χ3n) is 1.81. The quantitative estimate of drug-likeness (QED) is 0.742. The van der Waals surface area contributed by atoms with Gasteiger partial charge in [-0.05, 0) is 13.5 Å². The molecule has 15 heavy (non-hydrogen) atoms. The number of alkyl halides is 3. The lowest BCUT2D eigenvalue weighted by atomic mass is 10.3. The predicted octanol–water partition coefficient (Wildman–Crippen LogP) is 1.40. The fraction of sp³-hybridized carbons (Fsp3) is 0.889. The van der Waals surface area contributed by atoms with Crippen molar-refractivity contribution in [2.24, 2.45) is 0 Å². The lowest BCUT2D eigenvalue weighted by molar-refractivity contribution is -0.161. The first kappa shape index (κ1) is 14.2. The Morgan fingerprint density at radius 1 is 1.40 bits per heavy atom. The molecule has 0 rings (SSSR count). The standard InChI is InChI=1S/C9H17F3N2O/c1-3-6-14(7-9(10,11)12)8(15)4-5-13-2/h13H,3-7H2,1-2H3. The summed E-state index contributed by atoms with van der Waals surface area (Å²) in [6.45, 7) is 1.15. The molecule has 1 N–H and O–H groups in total. The van der Waals surface area contributed by atoms with Crippen LogP contribution in [-0.4, -0.2) is 43.7 Å². The van der Waals surface area contributed by atoms with Crippen LogP contribution in [0.1, 0.15) is 19.8 Å². The number of nitrogens with zero attached hydrogens (tertiary/aromatic N) is 1. The minimum absolute atomic E-state index is 0.104. The van der Waals surface area contributed by atoms with Crippen LogP contribution < -0.4 is 5.32 Å². The number of halogens is 3. The van der Waals surface area contributed by atoms with Crippen LogP contribution in [0.3, 0.4) is 0 Å². The second kappa shape index (κ2) is 6.66. The number of rotatable bonds is 6. The van der Waals surface area contributed by atoms with Gasteiger partial charge in [-0.3, -0.25) is 4.79 Å². The van der Waals surface area contributed by atoms with Gasteiger partial charge in [-0.2, -0.15) is 13.2 Å². The number of nitrogens with one attached hydrogen (secondary N) is 1. The summed E-state index contributed by atoms with van der Waals surface area (Å²) in [6, 6.07) is 0. The van der Waals surface area contributed by atoms with E-state index in [1.165, 1.54) is 0 Å². The largest absolute Gasteiger partial charge is 0.406 e. The average molecular weight is 226 g/mol. The number of amides is 1. The first-order valence-corrected chi connectivity index (χ1v) is 4.89. The molecule has 1 amide bonds. The molecule has 0 aromatic rings. The molecule has 0 aliphatic rings. The van der Waals surface area contributed by atoms with E-state index in [1.807, 2.05) is 0 Å². The summed E-state index contributed by atoms with van der Waals surface area (Å²) < 4.78 is 36.3. The zero-order valence-electron chi connectivity index (χ0n) is 9.02. The van der Waals surface area contributed by atoms with E-state index in [-0.39, 0.29) is 13.0 Å². The van der Waals surface area contributed by atoms with Gasteiger partial charge in [0, 0.05) is 19.5 Å². The molecule has 6 heteroatoms. The summed E-state index contributed by atoms with van der Waals surface area (Å²) in [7, 11) is 1.65. The summed E-state index contributed by atoms with van der Waals surface area (Å²) in [6.07, 6.45) is -3.68. The monoisotopic (exact) mass is 226 g/mol. The molecule has 0 aromatic heterocycles. The topological polar surface area (TPSA) is 32.3 Å². The predicted molar refractivity (Wildman–Crippen MR) is 51.5 cm³/mol. The Morgan fingerprint density at radius 2 is 2.00 bits per heavy atom. The Kier molecular flexibility index (Phi) is 6.31. The molecule has 0 saturated carbocycles. The van der Waals surface area contributed by atoms with E-state index < -0.39 is 18.6 Å². The van der Waals surface area contributed by atoms with Crippen molar-refractivity contribution in [3.63, 3.8) is 0 Å². The van der Waals surface area contributed by atoms with Crippen molar-refractivity contribution >= 4 is 5.91 Å². The second-order valence-electron chi connectivity index (χ2n) is 3.28. The fourth-order valence-corrected chi connectivity index (χ4v) is 1.17. The molecule has 0 heterocycles. The Morgan fingerprint density at radius 3 is 2.40 bits per heavy atom. The van der Waals surface area contributed by atoms with Crippen molar-refractivity contribution in [3.8, 4) is 0 Å². The third kappa shape index (κ3) is 7.18. The van der Waals surface area contributed by atoms with Crippen molar-refractivity contribution < 1.29 is 18.0 Å². The van der Waals surface area contributed by atoms with Crippen LogP contribution in [0.15, 0.2) is 0 Å². The first-order valence-electron chi connectivity index (χ1n) is 4.89. The molecular formula is C9H17F3N2O. The van der Waals surface area contributed by atoms with Gasteiger partial charge in [0.05, 0.1) is 0 Å². The van der Waals surface area contributed by atoms with E-state index >= 15 is 0 Å². The van der Waals surface area contributed by atoms with E-state index in [4.69, 9.17) is 0 Å². The highest BCUT2D eigenvalue weighted by atomic mass is 19.4. The van der Waals surface area contributed by atoms with Gasteiger partial charge in [-0.1, -0.05) is 6.92 Å². The van der Waals surface area contributed by atoms with Crippen LogP contribution in [0.4, 0.5) is 13.2 Å². The van der Waals surface area contributed by atoms with Crippen LogP contribution in [0, 0.1) is 0 Å². The summed E-state index contributed by atoms with van der Waals surface area (Å²) in [5, 5.41) is 2.73. The van der Waals surface area contributed by atoms with Gasteiger partial charge in [0.2, 0.25) is 5.91 Å². The van der Waals surface area contributed by atoms with Gasteiger partial charge < -0.3 is 10.2 Å². The van der Waals surface area contributed by atoms with Crippen molar-refractivity contribution in [2.75, 3.05) is 26.7 Å². The molecule has 0 aliphatic heterocycles. The lowest BCUT2D eigenvalue weighted by Gasteiger charge is -2.23. The number of hydrogen-bond donors (Lipinski definition) is 1. The normalized spacial score (nSPS) is 11.5. The highest BCUT2D eigenvalue weighted by Crippen LogP contribution is 2.17. The molecule has 90 valence electrons. The minimum atomic E-state index is -4.32. The van der Waals surface area contributed by atoms with Gasteiger partial charge >= 0.3 is 6.18 Å². The van der Waals surface area contributed by atoms with Crippen LogP contribution in [0.5, 0.6) is 0 Å². The Labute approximate surface area is 87.6 Å². The van der Waals surface area contributed by atoms with E-state index in [0.29, 0.717) is 13.0 Å². The van der Waals surface area contributed by atoms with Crippen molar-refractivity contribution in [1.82, 2.24) is 10.2 Å². The Balaban J connectivity index is 4.18. The van der Waals surface area contributed by atoms with Crippen molar-refractivity contribution in [2.45, 2.75) is 25.9 Å². The zero-order valence-corrected chi connectivity index (χ0v) is 9.02. The van der Waals surface area contributed by atoms with Crippen LogP contribution in [0.2, 0.25) is 0 Å². The smallest absolute Gasteiger partial charge is 0.334 e. The molecule has 0 unspecified atom stereocenters. The second-order valence-corrected chi connectivity index (χ2v) is 3.28. The van der Waals surface area contributed by atoms with E-state index in [1.54, 1.807) is 14.0 Å². The SMILES string of the molecule is CCCN(CC(F)(F)F)C(=O)CCNC. The fourth-order valence-electron chi connectivity index (χ4n) is 1.17. The molecule has 0 fully saturated rings. The van der Waals surface area contributed by atoms with Crippen LogP contribution in [-0.2, 0) is 4.79 Å². The van der Waals surface area contributed by atoms with Gasteiger partial charge in [0.25, 0.3) is 0 Å². The summed E-state index contributed by atoms with van der Waals surface area (Å²) in [4.78, 5) is 12.2. The molecule has 3 nitrogen and oxygen atoms in total. The van der Waals surface area contributed by atoms with Gasteiger partial charge in [-0.25, -0.2) is 0 Å². The minimum Gasteiger partial charge on any atom is -0.334 e. The number of carbonyl (C=O) groups excluding carboxylic acids is 1. The molecule has 0 atom stereocenters. The summed E-state index contributed by atoms with van der Waals surface area (Å²) in [5.74, 6) is -0.455. The van der Waals surface area contributed by atoms with E-state index in [9.17, 15) is 18.0 Å². The van der Waals surface area contributed by atoms with Gasteiger partial charge in [-0.15, -0.1) is 0 Å². The highest BCUT2D eigenvalue weighted by Gasteiger charge is 2.32. The van der Waals surface area contributed by atoms with Gasteiger partial charge in [0.1, 0.15) is 6.54 Å². The number of hydrogen-bond acceptors (Lipinski definition) is 2. The average Bonchev–Trinajstić information content (AvgIpc) is 2.11. The molecule has 0 spiro atoms. The molecule has 0 radical (unpaired) electrons. The number of carbonyl (C=O) groups is 1. The van der Waals surface area contributed by atoms with Crippen LogP contribution in [0.25, 0.3) is 0 Å². The summed E-state index contributed by atoms with van der Waals surface area (Å²) in [5.41, 5.74) is 0. The maximum atomic E-state index is 12.1. The molecule has 0 aromatic carbocycles. The van der Waals surface area contributed by atoms with Crippen LogP contribution >= 0.6 is 0 Å². The van der Waals surface area contributed by atoms with E-state index in [0.717, 1.165) is 4.90 Å². The summed E-state index contributed by atoms with van der Waals surface area (Å²) >= 11 is 0. The molecule has 0 saturated heterocycles. The molecule has 0 aliphatic carbocycles. The first-order chi connectivity index (χ1) is 6.90. The van der Waals surface area contributed by atoms with E-state index in [2.05, 4.69) is 5.32 Å². The molecule has 0 bridgehead atoms. The molecular weight excluding hydrogens is 209 g/mol. The highest BCUT2D eigenvalue weighted by molar-refractivity contribution is 5.76. The zero-order chi connectivity index (χ0) is 11.9. The maximum absolute atomic E-state index is 12.1. The Bertz CT molecular complexity index is 194. The Hall–Kier alpha value is -0.780. The maximum Gasteiger partial charge on any atom is 0.406 e. The lowest BCUT2D eigenvalue weighted by Crippen LogP contribution is -2.40. The third-order valence-corrected chi connectivity index (χ3v) is 1.81. The van der Waals surface area contributed by atoms with Crippen molar-refractivity contribution in [1.29, 1.82) is 0 Å². The van der Waals surface area contributed by atoms with Crippen molar-refractivity contribution in [3.05, 3.63) is 0 Å².